The smallest absolute Gasteiger partial charge is 0.269 e. The number of rotatable bonds is 4. The Bertz CT molecular complexity index is 685. The summed E-state index contributed by atoms with van der Waals surface area (Å²) in [5, 5.41) is 53.6. The average molecular weight is 358 g/mol. The minimum atomic E-state index is -2.82. The van der Waals surface area contributed by atoms with Crippen molar-refractivity contribution in [2.24, 2.45) is 5.73 Å². The molecule has 11 heteroatoms. The van der Waals surface area contributed by atoms with Crippen LogP contribution in [0.25, 0.3) is 0 Å². The van der Waals surface area contributed by atoms with Gasteiger partial charge in [0, 0.05) is 20.4 Å². The number of carbonyl (C=O) groups is 1. The van der Waals surface area contributed by atoms with Crippen molar-refractivity contribution in [3.05, 3.63) is 39.9 Å². The van der Waals surface area contributed by atoms with E-state index in [1.807, 2.05) is 0 Å². The first kappa shape index (κ1) is 17.7. The molecular formula is C14H19N3O8. The molecule has 0 spiro atoms. The summed E-state index contributed by atoms with van der Waals surface area (Å²) in [6.45, 7) is -1.59. The lowest BCUT2D eigenvalue weighted by Crippen LogP contribution is -2.79. The van der Waals surface area contributed by atoms with Crippen molar-refractivity contribution in [1.82, 2.24) is 5.32 Å². The Morgan fingerprint density at radius 3 is 2.56 bits per heavy atom. The Morgan fingerprint density at radius 2 is 2.08 bits per heavy atom. The number of ether oxygens (including phenoxy) is 1. The minimum Gasteiger partial charge on any atom is -0.394 e. The molecule has 2 rings (SSSR count). The molecule has 0 aliphatic carbocycles. The van der Waals surface area contributed by atoms with Gasteiger partial charge in [0.15, 0.2) is 5.54 Å². The second-order valence-electron chi connectivity index (χ2n) is 5.63. The Hall–Kier alpha value is -2.15. The first-order chi connectivity index (χ1) is 12.1. The molecule has 1 heterocycles. The van der Waals surface area contributed by atoms with E-state index in [1.165, 1.54) is 0 Å². The molecule has 0 saturated carbocycles. The molecule has 1 aliphatic heterocycles. The van der Waals surface area contributed by atoms with Crippen LogP contribution in [0.4, 0.5) is 5.69 Å². The van der Waals surface area contributed by atoms with E-state index in [4.69, 9.17) is 11.8 Å². The highest BCUT2D eigenvalue weighted by molar-refractivity contribution is 5.74. The van der Waals surface area contributed by atoms with E-state index in [0.29, 0.717) is 0 Å². The predicted molar refractivity (Wildman–Crippen MR) is 81.7 cm³/mol. The highest BCUT2D eigenvalue weighted by Crippen LogP contribution is 2.41. The standard InChI is InChI=1S/C14H19N3O8/c1-7(19)16-13(8-2-4-9(5-3-8)17(23)24)12(21)11(20)10(6-18)25-14(13,15)22/h2-5,10-12,18,20-22H,6,15H2,1H3,(H,16,19)/t10-,11-,12+,13-,14?/m1/s1/i1D. The van der Waals surface area contributed by atoms with E-state index < -0.39 is 54.1 Å². The molecule has 1 aromatic rings. The van der Waals surface area contributed by atoms with Gasteiger partial charge in [-0.2, -0.15) is 0 Å². The van der Waals surface area contributed by atoms with Gasteiger partial charge in [-0.15, -0.1) is 0 Å². The van der Waals surface area contributed by atoms with Gasteiger partial charge < -0.3 is 30.5 Å². The molecule has 5 atom stereocenters. The number of hydrogen-bond donors (Lipinski definition) is 6. The van der Waals surface area contributed by atoms with Crippen molar-refractivity contribution in [2.75, 3.05) is 6.61 Å². The van der Waals surface area contributed by atoms with Crippen LogP contribution in [0.15, 0.2) is 24.3 Å². The number of aliphatic hydroxyl groups is 4. The Kier molecular flexibility index (Phi) is 4.69. The highest BCUT2D eigenvalue weighted by atomic mass is 16.7. The maximum Gasteiger partial charge on any atom is 0.269 e. The number of nitro groups is 1. The summed E-state index contributed by atoms with van der Waals surface area (Å²) >= 11 is 0. The van der Waals surface area contributed by atoms with Crippen LogP contribution in [0.5, 0.6) is 0 Å². The SMILES string of the molecule is [2H]CC(=O)N[C@]1(c2ccc([N+](=O)[O-])cc2)[C@@H](O)[C@H](O)[C@@H](CO)OC1(N)O. The number of nitro benzene ring substituents is 1. The Balaban J connectivity index is 2.63. The lowest BCUT2D eigenvalue weighted by molar-refractivity contribution is -0.385. The third kappa shape index (κ3) is 3.08. The quantitative estimate of drug-likeness (QED) is 0.194. The third-order valence-corrected chi connectivity index (χ3v) is 4.09. The number of non-ortho nitro benzene ring substituents is 1. The van der Waals surface area contributed by atoms with Crippen LogP contribution in [0.3, 0.4) is 0 Å². The van der Waals surface area contributed by atoms with Crippen molar-refractivity contribution < 1.29 is 36.3 Å². The molecule has 1 unspecified atom stereocenters. The summed E-state index contributed by atoms with van der Waals surface area (Å²) < 4.78 is 12.2. The minimum absolute atomic E-state index is 0.113. The molecule has 25 heavy (non-hydrogen) atoms. The lowest BCUT2D eigenvalue weighted by Gasteiger charge is -2.54. The monoisotopic (exact) mass is 358 g/mol. The molecule has 1 aliphatic rings. The fraction of sp³-hybridized carbons (Fsp3) is 0.500. The topological polar surface area (TPSA) is 188 Å². The molecule has 138 valence electrons. The number of amides is 1. The summed E-state index contributed by atoms with van der Waals surface area (Å²) in [5.74, 6) is -3.79. The van der Waals surface area contributed by atoms with Gasteiger partial charge in [0.05, 0.1) is 11.5 Å². The third-order valence-electron chi connectivity index (χ3n) is 4.09. The number of hydrogen-bond acceptors (Lipinski definition) is 9. The van der Waals surface area contributed by atoms with Gasteiger partial charge in [0.2, 0.25) is 5.91 Å². The van der Waals surface area contributed by atoms with Crippen LogP contribution in [-0.2, 0) is 15.1 Å². The number of benzene rings is 1. The van der Waals surface area contributed by atoms with Gasteiger partial charge in [-0.25, -0.2) is 0 Å². The van der Waals surface area contributed by atoms with E-state index in [9.17, 15) is 35.3 Å². The van der Waals surface area contributed by atoms with Gasteiger partial charge in [0.1, 0.15) is 18.3 Å². The first-order valence-electron chi connectivity index (χ1n) is 7.82. The van der Waals surface area contributed by atoms with E-state index in [2.05, 4.69) is 5.32 Å². The predicted octanol–water partition coefficient (Wildman–Crippen LogP) is -2.36. The Labute approximate surface area is 143 Å². The van der Waals surface area contributed by atoms with E-state index >= 15 is 0 Å². The fourth-order valence-corrected chi connectivity index (χ4v) is 2.89. The van der Waals surface area contributed by atoms with Crippen LogP contribution in [0, 0.1) is 10.1 Å². The van der Waals surface area contributed by atoms with Gasteiger partial charge in [0.25, 0.3) is 11.6 Å². The molecule has 0 bridgehead atoms. The summed E-state index contributed by atoms with van der Waals surface area (Å²) in [4.78, 5) is 22.0. The van der Waals surface area contributed by atoms with Gasteiger partial charge in [-0.1, -0.05) is 0 Å². The molecule has 1 aromatic carbocycles. The normalized spacial score (nSPS) is 35.7. The second-order valence-corrected chi connectivity index (χ2v) is 5.63. The molecular weight excluding hydrogens is 338 g/mol. The zero-order chi connectivity index (χ0) is 19.7. The maximum atomic E-state index is 11.9. The molecule has 7 N–H and O–H groups in total. The van der Waals surface area contributed by atoms with Crippen molar-refractivity contribution >= 4 is 11.6 Å². The van der Waals surface area contributed by atoms with Crippen LogP contribution in [0.1, 0.15) is 13.8 Å². The zero-order valence-corrected chi connectivity index (χ0v) is 12.9. The first-order valence-corrected chi connectivity index (χ1v) is 7.12. The molecule has 1 saturated heterocycles. The van der Waals surface area contributed by atoms with Crippen LogP contribution >= 0.6 is 0 Å². The van der Waals surface area contributed by atoms with E-state index in [-0.39, 0.29) is 11.3 Å². The van der Waals surface area contributed by atoms with E-state index in [1.54, 1.807) is 0 Å². The number of nitrogens with two attached hydrogens (primary N) is 1. The largest absolute Gasteiger partial charge is 0.394 e. The summed E-state index contributed by atoms with van der Waals surface area (Å²) in [6.07, 6.45) is -5.20. The lowest BCUT2D eigenvalue weighted by atomic mass is 9.75. The number of aliphatic hydroxyl groups excluding tert-OH is 3. The highest BCUT2D eigenvalue weighted by Gasteiger charge is 2.64. The van der Waals surface area contributed by atoms with Crippen molar-refractivity contribution in [2.45, 2.75) is 36.7 Å². The number of nitrogens with zero attached hydrogens (tertiary/aromatic N) is 1. The second kappa shape index (κ2) is 6.63. The number of carbonyl (C=O) groups excluding carboxylic acids is 1. The molecule has 1 amide bonds. The molecule has 11 nitrogen and oxygen atoms in total. The van der Waals surface area contributed by atoms with Crippen molar-refractivity contribution in [3.63, 3.8) is 0 Å². The zero-order valence-electron chi connectivity index (χ0n) is 13.9. The molecule has 1 fully saturated rings. The summed E-state index contributed by atoms with van der Waals surface area (Å²) in [7, 11) is 0. The van der Waals surface area contributed by atoms with Crippen molar-refractivity contribution in [3.8, 4) is 0 Å². The van der Waals surface area contributed by atoms with Crippen LogP contribution in [0.2, 0.25) is 0 Å². The van der Waals surface area contributed by atoms with Gasteiger partial charge in [-0.05, 0) is 17.7 Å². The molecule has 0 aromatic heterocycles. The summed E-state index contributed by atoms with van der Waals surface area (Å²) in [6, 6.07) is 4.30. The molecule has 0 radical (unpaired) electrons. The average Bonchev–Trinajstić information content (AvgIpc) is 2.61. The summed E-state index contributed by atoms with van der Waals surface area (Å²) in [5.41, 5.74) is 2.97. The van der Waals surface area contributed by atoms with Crippen LogP contribution in [-0.4, -0.2) is 62.1 Å². The van der Waals surface area contributed by atoms with Gasteiger partial charge >= 0.3 is 0 Å². The Morgan fingerprint density at radius 1 is 1.48 bits per heavy atom. The number of nitrogens with one attached hydrogen (secondary N) is 1. The maximum absolute atomic E-state index is 11.9. The van der Waals surface area contributed by atoms with E-state index in [0.717, 1.165) is 24.3 Å². The fourth-order valence-electron chi connectivity index (χ4n) is 2.89. The van der Waals surface area contributed by atoms with Crippen LogP contribution < -0.4 is 11.1 Å². The van der Waals surface area contributed by atoms with Gasteiger partial charge in [-0.3, -0.25) is 20.6 Å². The van der Waals surface area contributed by atoms with Crippen molar-refractivity contribution in [1.29, 1.82) is 0 Å².